The van der Waals surface area contributed by atoms with Crippen LogP contribution in [0, 0.1) is 20.2 Å². The van der Waals surface area contributed by atoms with E-state index in [2.05, 4.69) is 44.6 Å². The predicted octanol–water partition coefficient (Wildman–Crippen LogP) is 6.52. The molecule has 2 rings (SSSR count). The van der Waals surface area contributed by atoms with Gasteiger partial charge in [0.05, 0.1) is 38.9 Å². The Morgan fingerprint density at radius 2 is 1.68 bits per heavy atom. The third-order valence-corrected chi connectivity index (χ3v) is 4.91. The third-order valence-electron chi connectivity index (χ3n) is 4.31. The van der Waals surface area contributed by atoms with Gasteiger partial charge in [-0.15, -0.1) is 10.2 Å². The maximum Gasteiger partial charge on any atom is 0.304 e. The molecule has 0 bridgehead atoms. The second-order valence-corrected chi connectivity index (χ2v) is 7.89. The molecular weight excluding hydrogens is 512 g/mol. The van der Waals surface area contributed by atoms with Crippen LogP contribution >= 0.6 is 15.9 Å². The van der Waals surface area contributed by atoms with Crippen LogP contribution in [0.4, 0.5) is 34.1 Å². The average Bonchev–Trinajstić information content (AvgIpc) is 2.72. The van der Waals surface area contributed by atoms with Crippen LogP contribution in [0.15, 0.2) is 63.5 Å². The number of carbonyl (C=O) groups excluding carboxylic acids is 1. The number of amides is 1. The zero-order valence-corrected chi connectivity index (χ0v) is 20.4. The second kappa shape index (κ2) is 10.7. The Kier molecular flexibility index (Phi) is 8.19. The molecule has 0 spiro atoms. The van der Waals surface area contributed by atoms with Gasteiger partial charge in [-0.25, -0.2) is 0 Å². The number of ether oxygens (including phenoxy) is 1. The van der Waals surface area contributed by atoms with Crippen molar-refractivity contribution in [1.82, 2.24) is 0 Å². The summed E-state index contributed by atoms with van der Waals surface area (Å²) in [5, 5.41) is 33.2. The highest BCUT2D eigenvalue weighted by Gasteiger charge is 2.24. The Bertz CT molecular complexity index is 1230. The molecule has 0 fully saturated rings. The normalized spacial score (nSPS) is 10.6. The molecule has 0 aliphatic carbocycles. The minimum Gasteiger partial charge on any atom is -0.494 e. The Hall–Kier alpha value is -4.13. The van der Waals surface area contributed by atoms with Crippen LogP contribution in [0.25, 0.3) is 0 Å². The lowest BCUT2D eigenvalue weighted by molar-refractivity contribution is -0.393. The summed E-state index contributed by atoms with van der Waals surface area (Å²) in [5.41, 5.74) is 0.816. The monoisotopic (exact) mass is 532 g/mol. The van der Waals surface area contributed by atoms with Gasteiger partial charge in [0.15, 0.2) is 5.69 Å². The molecule has 1 amide bonds. The Morgan fingerprint density at radius 1 is 1.06 bits per heavy atom. The molecule has 0 aromatic heterocycles. The number of allylic oxidation sites excluding steroid dienone is 2. The molecule has 13 heteroatoms. The summed E-state index contributed by atoms with van der Waals surface area (Å²) in [7, 11) is 1.44. The minimum absolute atomic E-state index is 0.00227. The van der Waals surface area contributed by atoms with Crippen LogP contribution in [0.3, 0.4) is 0 Å². The first-order valence-electron chi connectivity index (χ1n) is 9.52. The van der Waals surface area contributed by atoms with Gasteiger partial charge in [-0.3, -0.25) is 25.0 Å². The summed E-state index contributed by atoms with van der Waals surface area (Å²) in [5.74, 6) is -0.0569. The first kappa shape index (κ1) is 26.1. The summed E-state index contributed by atoms with van der Waals surface area (Å²) in [6, 6.07) is 4.93. The van der Waals surface area contributed by atoms with E-state index < -0.39 is 27.1 Å². The van der Waals surface area contributed by atoms with Crippen LogP contribution < -0.4 is 15.0 Å². The molecule has 178 valence electrons. The highest BCUT2D eigenvalue weighted by atomic mass is 79.9. The Morgan fingerprint density at radius 3 is 2.15 bits per heavy atom. The number of rotatable bonds is 9. The van der Waals surface area contributed by atoms with E-state index in [9.17, 15) is 25.0 Å². The number of hydrogen-bond acceptors (Lipinski definition) is 9. The number of carbonyl (C=O) groups is 1. The van der Waals surface area contributed by atoms with Gasteiger partial charge in [0.1, 0.15) is 11.4 Å². The first-order chi connectivity index (χ1) is 15.9. The van der Waals surface area contributed by atoms with E-state index >= 15 is 0 Å². The van der Waals surface area contributed by atoms with Crippen molar-refractivity contribution in [1.29, 1.82) is 0 Å². The predicted molar refractivity (Wildman–Crippen MR) is 131 cm³/mol. The number of halogens is 1. The van der Waals surface area contributed by atoms with Crippen LogP contribution in [0.1, 0.15) is 20.8 Å². The van der Waals surface area contributed by atoms with Gasteiger partial charge in [-0.2, -0.15) is 0 Å². The van der Waals surface area contributed by atoms with Gasteiger partial charge in [0.2, 0.25) is 5.91 Å². The molecule has 0 radical (unpaired) electrons. The maximum absolute atomic E-state index is 11.8. The lowest BCUT2D eigenvalue weighted by Gasteiger charge is -2.27. The molecule has 34 heavy (non-hydrogen) atoms. The van der Waals surface area contributed by atoms with E-state index in [4.69, 9.17) is 4.74 Å². The molecule has 2 aromatic rings. The average molecular weight is 533 g/mol. The maximum atomic E-state index is 11.8. The number of non-ortho nitro benzene ring substituents is 1. The second-order valence-electron chi connectivity index (χ2n) is 7.04. The highest BCUT2D eigenvalue weighted by Crippen LogP contribution is 2.43. The van der Waals surface area contributed by atoms with Crippen LogP contribution in [0.2, 0.25) is 0 Å². The molecule has 1 N–H and O–H groups in total. The molecule has 0 atom stereocenters. The van der Waals surface area contributed by atoms with Crippen LogP contribution in [-0.4, -0.2) is 22.9 Å². The van der Waals surface area contributed by atoms with Gasteiger partial charge < -0.3 is 15.0 Å². The summed E-state index contributed by atoms with van der Waals surface area (Å²) in [4.78, 5) is 34.5. The summed E-state index contributed by atoms with van der Waals surface area (Å²) in [6.45, 7) is 12.7. The van der Waals surface area contributed by atoms with Crippen molar-refractivity contribution >= 4 is 56.0 Å². The lowest BCUT2D eigenvalue weighted by atomic mass is 10.1. The summed E-state index contributed by atoms with van der Waals surface area (Å²) < 4.78 is 5.47. The smallest absolute Gasteiger partial charge is 0.304 e. The number of nitrogens with zero attached hydrogens (tertiary/aromatic N) is 5. The van der Waals surface area contributed by atoms with Crippen molar-refractivity contribution in [3.05, 3.63) is 73.5 Å². The fraction of sp³-hybridized carbons (Fsp3) is 0.190. The van der Waals surface area contributed by atoms with E-state index in [1.54, 1.807) is 24.8 Å². The molecule has 0 heterocycles. The number of methoxy groups -OCH3 is 1. The van der Waals surface area contributed by atoms with Crippen LogP contribution in [-0.2, 0) is 4.79 Å². The van der Waals surface area contributed by atoms with E-state index in [1.807, 2.05) is 0 Å². The molecule has 0 unspecified atom stereocenters. The largest absolute Gasteiger partial charge is 0.494 e. The van der Waals surface area contributed by atoms with Crippen molar-refractivity contribution in [3.63, 3.8) is 0 Å². The van der Waals surface area contributed by atoms with Gasteiger partial charge in [-0.1, -0.05) is 13.2 Å². The topological polar surface area (TPSA) is 153 Å². The molecule has 12 nitrogen and oxygen atoms in total. The van der Waals surface area contributed by atoms with E-state index in [0.717, 1.165) is 12.1 Å². The van der Waals surface area contributed by atoms with Crippen LogP contribution in [0.5, 0.6) is 5.75 Å². The third kappa shape index (κ3) is 5.81. The van der Waals surface area contributed by atoms with Crippen molar-refractivity contribution in [2.45, 2.75) is 20.8 Å². The summed E-state index contributed by atoms with van der Waals surface area (Å²) >= 11 is 3.07. The minimum atomic E-state index is -0.803. The number of azo groups is 1. The molecular formula is C21H21BrN6O6. The van der Waals surface area contributed by atoms with E-state index in [-0.39, 0.29) is 21.5 Å². The number of benzene rings is 2. The van der Waals surface area contributed by atoms with Crippen molar-refractivity contribution < 1.29 is 19.4 Å². The van der Waals surface area contributed by atoms with E-state index in [0.29, 0.717) is 22.8 Å². The fourth-order valence-electron chi connectivity index (χ4n) is 3.02. The number of nitro benzene ring substituents is 2. The van der Waals surface area contributed by atoms with Gasteiger partial charge in [0.25, 0.3) is 5.69 Å². The van der Waals surface area contributed by atoms with Gasteiger partial charge in [-0.05, 0) is 35.8 Å². The molecule has 0 saturated heterocycles. The quantitative estimate of drug-likeness (QED) is 0.219. The highest BCUT2D eigenvalue weighted by molar-refractivity contribution is 9.10. The zero-order valence-electron chi connectivity index (χ0n) is 18.8. The fourth-order valence-corrected chi connectivity index (χ4v) is 3.54. The number of nitrogens with one attached hydrogen (secondary N) is 1. The molecule has 0 aliphatic rings. The first-order valence-corrected chi connectivity index (χ1v) is 10.3. The summed E-state index contributed by atoms with van der Waals surface area (Å²) in [6.07, 6.45) is 0. The molecule has 0 saturated carbocycles. The number of anilines is 2. The SMILES string of the molecule is C=C(C)N(C(=C)C)c1cc(NC(C)=O)c(N=Nc2c(Br)cc([N+](=O)[O-])cc2[N+](=O)[O-])cc1OC. The standard InChI is InChI=1S/C21H21BrN6O6/c1-11(2)26(12(3)4)18-9-16(23-13(5)29)17(10-20(18)34-6)24-25-21-15(22)7-14(27(30)31)8-19(21)28(32)33/h7-10H,1,3H2,2,4-6H3,(H,23,29). The Labute approximate surface area is 203 Å². The Balaban J connectivity index is 2.73. The number of nitro groups is 2. The van der Waals surface area contributed by atoms with Gasteiger partial charge in [0, 0.05) is 30.5 Å². The van der Waals surface area contributed by atoms with E-state index in [1.165, 1.54) is 20.1 Å². The molecule has 0 aliphatic heterocycles. The van der Waals surface area contributed by atoms with Gasteiger partial charge >= 0.3 is 5.69 Å². The van der Waals surface area contributed by atoms with Crippen molar-refractivity contribution in [3.8, 4) is 5.75 Å². The molecule has 2 aromatic carbocycles. The number of hydrogen-bond donors (Lipinski definition) is 1. The lowest BCUT2D eigenvalue weighted by Crippen LogP contribution is -2.18. The zero-order chi connectivity index (χ0) is 25.7. The van der Waals surface area contributed by atoms with Crippen molar-refractivity contribution in [2.24, 2.45) is 10.2 Å². The van der Waals surface area contributed by atoms with Crippen molar-refractivity contribution in [2.75, 3.05) is 17.3 Å².